The maximum absolute atomic E-state index is 12.0. The number of benzene rings is 1. The van der Waals surface area contributed by atoms with Crippen molar-refractivity contribution in [2.24, 2.45) is 5.73 Å². The van der Waals surface area contributed by atoms with E-state index >= 15 is 0 Å². The zero-order chi connectivity index (χ0) is 9.84. The molecule has 0 saturated heterocycles. The standard InChI is InChI=1S/C9H10BrClFN.ClH/c10-8-5-6(11)1-2-7(8)9(13)3-4-12;/h1-2,5,9H,3-4,13H2;1H/t9-;/m1./s1. The highest BCUT2D eigenvalue weighted by Crippen LogP contribution is 2.26. The Balaban J connectivity index is 0.00000169. The van der Waals surface area contributed by atoms with Crippen LogP contribution in [0.4, 0.5) is 4.39 Å². The number of alkyl halides is 1. The fourth-order valence-corrected chi connectivity index (χ4v) is 2.05. The third-order valence-electron chi connectivity index (χ3n) is 1.78. The summed E-state index contributed by atoms with van der Waals surface area (Å²) in [6, 6.07) is 5.05. The Kier molecular flexibility index (Phi) is 6.70. The maximum Gasteiger partial charge on any atom is 0.0912 e. The topological polar surface area (TPSA) is 26.0 Å². The lowest BCUT2D eigenvalue weighted by molar-refractivity contribution is 0.441. The van der Waals surface area contributed by atoms with Crippen LogP contribution in [0.1, 0.15) is 18.0 Å². The minimum atomic E-state index is -0.407. The van der Waals surface area contributed by atoms with Gasteiger partial charge in [-0.25, -0.2) is 0 Å². The van der Waals surface area contributed by atoms with E-state index in [0.29, 0.717) is 11.4 Å². The van der Waals surface area contributed by atoms with Crippen molar-refractivity contribution < 1.29 is 4.39 Å². The average Bonchev–Trinajstić information content (AvgIpc) is 2.04. The normalized spacial score (nSPS) is 12.0. The molecule has 14 heavy (non-hydrogen) atoms. The van der Waals surface area contributed by atoms with Crippen LogP contribution in [0, 0.1) is 0 Å². The smallest absolute Gasteiger partial charge is 0.0912 e. The lowest BCUT2D eigenvalue weighted by Crippen LogP contribution is -2.11. The fourth-order valence-electron chi connectivity index (χ4n) is 1.08. The van der Waals surface area contributed by atoms with Gasteiger partial charge in [-0.1, -0.05) is 33.6 Å². The molecular weight excluding hydrogens is 292 g/mol. The Morgan fingerprint density at radius 2 is 2.14 bits per heavy atom. The highest BCUT2D eigenvalue weighted by molar-refractivity contribution is 9.10. The van der Waals surface area contributed by atoms with E-state index in [2.05, 4.69) is 15.9 Å². The zero-order valence-electron chi connectivity index (χ0n) is 7.34. The summed E-state index contributed by atoms with van der Waals surface area (Å²) in [6.07, 6.45) is 0.334. The van der Waals surface area contributed by atoms with Crippen molar-refractivity contribution in [2.45, 2.75) is 12.5 Å². The summed E-state index contributed by atoms with van der Waals surface area (Å²) in [6.45, 7) is -0.407. The van der Waals surface area contributed by atoms with Crippen LogP contribution >= 0.6 is 39.9 Å². The lowest BCUT2D eigenvalue weighted by atomic mass is 10.1. The van der Waals surface area contributed by atoms with E-state index in [1.165, 1.54) is 0 Å². The fraction of sp³-hybridized carbons (Fsp3) is 0.333. The first kappa shape index (κ1) is 14.2. The molecule has 0 aliphatic carbocycles. The molecule has 0 bridgehead atoms. The summed E-state index contributed by atoms with van der Waals surface area (Å²) in [5.74, 6) is 0. The molecule has 0 aliphatic rings. The molecule has 2 N–H and O–H groups in total. The molecule has 0 aliphatic heterocycles. The summed E-state index contributed by atoms with van der Waals surface area (Å²) >= 11 is 9.08. The average molecular weight is 303 g/mol. The molecule has 0 radical (unpaired) electrons. The number of hydrogen-bond donors (Lipinski definition) is 1. The van der Waals surface area contributed by atoms with Gasteiger partial charge in [0, 0.05) is 15.5 Å². The first-order chi connectivity index (χ1) is 6.15. The third-order valence-corrected chi connectivity index (χ3v) is 2.70. The van der Waals surface area contributed by atoms with Crippen LogP contribution in [0.25, 0.3) is 0 Å². The van der Waals surface area contributed by atoms with Crippen LogP contribution in [0.15, 0.2) is 22.7 Å². The molecule has 0 saturated carbocycles. The molecule has 80 valence electrons. The molecule has 1 rings (SSSR count). The third kappa shape index (κ3) is 3.73. The van der Waals surface area contributed by atoms with E-state index in [4.69, 9.17) is 17.3 Å². The molecule has 0 amide bonds. The van der Waals surface area contributed by atoms with E-state index in [1.54, 1.807) is 12.1 Å². The monoisotopic (exact) mass is 301 g/mol. The van der Waals surface area contributed by atoms with Crippen molar-refractivity contribution >= 4 is 39.9 Å². The van der Waals surface area contributed by atoms with Crippen molar-refractivity contribution in [2.75, 3.05) is 6.67 Å². The molecule has 0 spiro atoms. The van der Waals surface area contributed by atoms with Gasteiger partial charge in [0.15, 0.2) is 0 Å². The van der Waals surface area contributed by atoms with Crippen LogP contribution in [-0.4, -0.2) is 6.67 Å². The van der Waals surface area contributed by atoms with Gasteiger partial charge in [0.05, 0.1) is 6.67 Å². The number of hydrogen-bond acceptors (Lipinski definition) is 1. The van der Waals surface area contributed by atoms with Gasteiger partial charge in [-0.2, -0.15) is 0 Å². The first-order valence-electron chi connectivity index (χ1n) is 3.91. The molecule has 0 fully saturated rings. The molecule has 0 aromatic heterocycles. The molecule has 0 unspecified atom stereocenters. The summed E-state index contributed by atoms with van der Waals surface area (Å²) in [5.41, 5.74) is 6.63. The van der Waals surface area contributed by atoms with Crippen molar-refractivity contribution in [3.63, 3.8) is 0 Å². The Morgan fingerprint density at radius 3 is 2.64 bits per heavy atom. The predicted octanol–water partition coefficient (Wildman–Crippen LogP) is 3.88. The number of halogens is 4. The van der Waals surface area contributed by atoms with Gasteiger partial charge in [-0.3, -0.25) is 4.39 Å². The molecule has 0 heterocycles. The predicted molar refractivity (Wildman–Crippen MR) is 63.9 cm³/mol. The van der Waals surface area contributed by atoms with Gasteiger partial charge in [0.1, 0.15) is 0 Å². The Bertz CT molecular complexity index is 296. The van der Waals surface area contributed by atoms with Gasteiger partial charge in [0.25, 0.3) is 0 Å². The van der Waals surface area contributed by atoms with Crippen molar-refractivity contribution in [3.05, 3.63) is 33.3 Å². The summed E-state index contributed by atoms with van der Waals surface area (Å²) < 4.78 is 12.9. The van der Waals surface area contributed by atoms with Crippen LogP contribution < -0.4 is 5.73 Å². The van der Waals surface area contributed by atoms with Gasteiger partial charge >= 0.3 is 0 Å². The van der Waals surface area contributed by atoms with Crippen molar-refractivity contribution in [1.82, 2.24) is 0 Å². The minimum absolute atomic E-state index is 0. The molecule has 5 heteroatoms. The second kappa shape index (κ2) is 6.62. The van der Waals surface area contributed by atoms with Gasteiger partial charge in [-0.15, -0.1) is 12.4 Å². The van der Waals surface area contributed by atoms with Crippen LogP contribution in [0.2, 0.25) is 5.02 Å². The second-order valence-electron chi connectivity index (χ2n) is 2.75. The SMILES string of the molecule is Cl.N[C@H](CCF)c1ccc(Cl)cc1Br. The second-order valence-corrected chi connectivity index (χ2v) is 4.04. The highest BCUT2D eigenvalue weighted by atomic mass is 79.9. The van der Waals surface area contributed by atoms with Gasteiger partial charge in [0.2, 0.25) is 0 Å². The Labute approximate surface area is 102 Å². The van der Waals surface area contributed by atoms with Crippen LogP contribution in [-0.2, 0) is 0 Å². The summed E-state index contributed by atoms with van der Waals surface area (Å²) in [4.78, 5) is 0. The quantitative estimate of drug-likeness (QED) is 0.901. The van der Waals surface area contributed by atoms with E-state index in [-0.39, 0.29) is 18.4 Å². The van der Waals surface area contributed by atoms with Crippen molar-refractivity contribution in [1.29, 1.82) is 0 Å². The van der Waals surface area contributed by atoms with E-state index < -0.39 is 6.67 Å². The van der Waals surface area contributed by atoms with E-state index in [9.17, 15) is 4.39 Å². The highest BCUT2D eigenvalue weighted by Gasteiger charge is 2.09. The van der Waals surface area contributed by atoms with E-state index in [0.717, 1.165) is 10.0 Å². The minimum Gasteiger partial charge on any atom is -0.324 e. The van der Waals surface area contributed by atoms with Crippen molar-refractivity contribution in [3.8, 4) is 0 Å². The molecule has 1 nitrogen and oxygen atoms in total. The van der Waals surface area contributed by atoms with E-state index in [1.807, 2.05) is 6.07 Å². The lowest BCUT2D eigenvalue weighted by Gasteiger charge is -2.11. The summed E-state index contributed by atoms with van der Waals surface area (Å²) in [7, 11) is 0. The van der Waals surface area contributed by atoms with Crippen LogP contribution in [0.5, 0.6) is 0 Å². The van der Waals surface area contributed by atoms with Crippen LogP contribution in [0.3, 0.4) is 0 Å². The maximum atomic E-state index is 12.0. The summed E-state index contributed by atoms with van der Waals surface area (Å²) in [5, 5.41) is 0.642. The zero-order valence-corrected chi connectivity index (χ0v) is 10.5. The number of rotatable bonds is 3. The Hall–Kier alpha value is 0.170. The first-order valence-corrected chi connectivity index (χ1v) is 5.08. The molecular formula is C9H11BrCl2FN. The Morgan fingerprint density at radius 1 is 1.50 bits per heavy atom. The van der Waals surface area contributed by atoms with Gasteiger partial charge < -0.3 is 5.73 Å². The number of nitrogens with two attached hydrogens (primary N) is 1. The largest absolute Gasteiger partial charge is 0.324 e. The molecule has 1 aromatic carbocycles. The van der Waals surface area contributed by atoms with Gasteiger partial charge in [-0.05, 0) is 24.1 Å². The molecule has 1 aromatic rings. The molecule has 1 atom stereocenters.